The first kappa shape index (κ1) is 29.9. The third kappa shape index (κ3) is 4.41. The van der Waals surface area contributed by atoms with Crippen LogP contribution in [0.2, 0.25) is 0 Å². The number of halogens is 3. The number of hydrogen-bond donors (Lipinski definition) is 2. The van der Waals surface area contributed by atoms with Gasteiger partial charge in [-0.2, -0.15) is 9.97 Å². The van der Waals surface area contributed by atoms with E-state index in [1.807, 2.05) is 13.8 Å². The predicted octanol–water partition coefficient (Wildman–Crippen LogP) is 5.95. The number of aromatic nitrogens is 3. The Morgan fingerprint density at radius 1 is 1.17 bits per heavy atom. The van der Waals surface area contributed by atoms with Crippen LogP contribution in [0.25, 0.3) is 32.9 Å². The number of aromatic hydroxyl groups is 1. The number of nitrogens with one attached hydrogen (secondary N) is 1. The molecule has 5 atom stereocenters. The molecule has 0 saturated carbocycles. The summed E-state index contributed by atoms with van der Waals surface area (Å²) in [6.07, 6.45) is 5.11. The average Bonchev–Trinajstić information content (AvgIpc) is 3.74. The number of ether oxygens (including phenoxy) is 2. The van der Waals surface area contributed by atoms with E-state index < -0.39 is 11.6 Å². The average molecular weight is 659 g/mol. The number of rotatable bonds is 5. The molecule has 2 aromatic heterocycles. The lowest BCUT2D eigenvalue weighted by Crippen LogP contribution is -2.62. The molecule has 7 heterocycles. The van der Waals surface area contributed by atoms with E-state index in [9.17, 15) is 9.50 Å². The number of fused-ring (bicyclic) bond motifs is 7. The van der Waals surface area contributed by atoms with Gasteiger partial charge in [-0.15, -0.1) is 0 Å². The van der Waals surface area contributed by atoms with Crippen LogP contribution in [-0.4, -0.2) is 81.0 Å². The van der Waals surface area contributed by atoms with Gasteiger partial charge in [-0.3, -0.25) is 4.90 Å². The van der Waals surface area contributed by atoms with E-state index in [0.717, 1.165) is 37.8 Å². The molecule has 2 bridgehead atoms. The van der Waals surface area contributed by atoms with Gasteiger partial charge in [0.15, 0.2) is 5.82 Å². The molecule has 4 saturated heterocycles. The topological polar surface area (TPSA) is 95.9 Å². The molecule has 48 heavy (non-hydrogen) atoms. The van der Waals surface area contributed by atoms with Gasteiger partial charge >= 0.3 is 6.01 Å². The molecule has 4 fully saturated rings. The van der Waals surface area contributed by atoms with Crippen molar-refractivity contribution in [2.45, 2.75) is 82.1 Å². The summed E-state index contributed by atoms with van der Waals surface area (Å²) in [5.74, 6) is -0.566. The van der Waals surface area contributed by atoms with Crippen LogP contribution in [0.5, 0.6) is 17.6 Å². The standard InChI is InChI=1S/C36H37F3N6O3/c1-3-23-25(38)7-5-20-11-22(46)12-24(27(20)23)30-29(39)31-28-33(45-16-21-6-8-26(40-21)32(45)18(2)48-34(28)41-30)43-35(42-31)47-17-36-9-4-10-44(36)15-19(13-36)14-37/h5,7,11-12,14,18,21,26,32,40,46H,3-4,6,8-10,13,15-17H2,1-2H3. The number of pyridine rings is 1. The Morgan fingerprint density at radius 2 is 2.04 bits per heavy atom. The lowest BCUT2D eigenvalue weighted by atomic mass is 9.94. The third-order valence-corrected chi connectivity index (χ3v) is 11.3. The van der Waals surface area contributed by atoms with Crippen molar-refractivity contribution < 1.29 is 27.8 Å². The fraction of sp³-hybridized carbons (Fsp3) is 0.472. The van der Waals surface area contributed by atoms with Gasteiger partial charge in [-0.05, 0) is 92.1 Å². The molecule has 9 nitrogen and oxygen atoms in total. The lowest BCUT2D eigenvalue weighted by molar-refractivity contribution is 0.108. The summed E-state index contributed by atoms with van der Waals surface area (Å²) in [5, 5.41) is 15.8. The zero-order valence-corrected chi connectivity index (χ0v) is 26.9. The van der Waals surface area contributed by atoms with E-state index >= 15 is 8.78 Å². The number of anilines is 1. The second-order valence-electron chi connectivity index (χ2n) is 14.1. The van der Waals surface area contributed by atoms with Crippen molar-refractivity contribution in [3.05, 3.63) is 53.4 Å². The van der Waals surface area contributed by atoms with Crippen molar-refractivity contribution in [2.75, 3.05) is 31.1 Å². The van der Waals surface area contributed by atoms with E-state index in [4.69, 9.17) is 19.4 Å². The third-order valence-electron chi connectivity index (χ3n) is 11.3. The van der Waals surface area contributed by atoms with Crippen LogP contribution in [0.1, 0.15) is 51.5 Å². The molecular weight excluding hydrogens is 621 g/mol. The molecule has 12 heteroatoms. The normalized spacial score (nSPS) is 28.6. The second kappa shape index (κ2) is 10.9. The first-order chi connectivity index (χ1) is 23.3. The van der Waals surface area contributed by atoms with Gasteiger partial charge < -0.3 is 24.8 Å². The van der Waals surface area contributed by atoms with Crippen LogP contribution in [-0.2, 0) is 6.42 Å². The molecule has 2 N–H and O–H groups in total. The predicted molar refractivity (Wildman–Crippen MR) is 175 cm³/mol. The highest BCUT2D eigenvalue weighted by molar-refractivity contribution is 6.03. The van der Waals surface area contributed by atoms with Crippen LogP contribution in [0.3, 0.4) is 0 Å². The zero-order chi connectivity index (χ0) is 32.9. The van der Waals surface area contributed by atoms with Crippen molar-refractivity contribution in [3.63, 3.8) is 0 Å². The lowest BCUT2D eigenvalue weighted by Gasteiger charge is -2.42. The summed E-state index contributed by atoms with van der Waals surface area (Å²) >= 11 is 0. The Morgan fingerprint density at radius 3 is 2.88 bits per heavy atom. The van der Waals surface area contributed by atoms with Gasteiger partial charge in [-0.1, -0.05) is 13.0 Å². The summed E-state index contributed by atoms with van der Waals surface area (Å²) < 4.78 is 58.9. The molecule has 5 aliphatic heterocycles. The van der Waals surface area contributed by atoms with Crippen molar-refractivity contribution in [2.24, 2.45) is 0 Å². The van der Waals surface area contributed by atoms with Crippen LogP contribution < -0.4 is 19.7 Å². The molecular formula is C36H37F3N6O3. The van der Waals surface area contributed by atoms with E-state index in [2.05, 4.69) is 20.1 Å². The number of piperazine rings is 1. The quantitative estimate of drug-likeness (QED) is 0.270. The molecule has 250 valence electrons. The number of aryl methyl sites for hydroxylation is 1. The Bertz CT molecular complexity index is 2030. The van der Waals surface area contributed by atoms with Crippen LogP contribution in [0.15, 0.2) is 36.2 Å². The molecule has 2 aromatic carbocycles. The number of phenolic OH excluding ortho intramolecular Hbond substituents is 1. The molecule has 0 radical (unpaired) electrons. The summed E-state index contributed by atoms with van der Waals surface area (Å²) in [5.41, 5.74) is 0.894. The number of hydrogen-bond acceptors (Lipinski definition) is 9. The second-order valence-corrected chi connectivity index (χ2v) is 14.1. The van der Waals surface area contributed by atoms with E-state index in [-0.39, 0.29) is 70.8 Å². The molecule has 5 unspecified atom stereocenters. The highest BCUT2D eigenvalue weighted by Crippen LogP contribution is 2.47. The molecule has 9 rings (SSSR count). The maximum Gasteiger partial charge on any atom is 0.319 e. The van der Waals surface area contributed by atoms with Crippen molar-refractivity contribution in [1.82, 2.24) is 25.2 Å². The van der Waals surface area contributed by atoms with Gasteiger partial charge in [0.1, 0.15) is 46.7 Å². The number of nitrogens with zero attached hydrogens (tertiary/aromatic N) is 5. The van der Waals surface area contributed by atoms with Crippen LogP contribution in [0.4, 0.5) is 19.0 Å². The number of benzene rings is 2. The van der Waals surface area contributed by atoms with Crippen LogP contribution >= 0.6 is 0 Å². The smallest absolute Gasteiger partial charge is 0.319 e. The van der Waals surface area contributed by atoms with Gasteiger partial charge in [-0.25, -0.2) is 18.2 Å². The van der Waals surface area contributed by atoms with E-state index in [1.54, 1.807) is 6.07 Å². The molecule has 0 spiro atoms. The molecule has 5 aliphatic rings. The Hall–Kier alpha value is -4.16. The molecule has 0 amide bonds. The fourth-order valence-corrected chi connectivity index (χ4v) is 9.22. The summed E-state index contributed by atoms with van der Waals surface area (Å²) in [6, 6.07) is 6.21. The summed E-state index contributed by atoms with van der Waals surface area (Å²) in [4.78, 5) is 18.9. The van der Waals surface area contributed by atoms with Gasteiger partial charge in [0.2, 0.25) is 5.88 Å². The maximum atomic E-state index is 17.2. The first-order valence-electron chi connectivity index (χ1n) is 17.0. The largest absolute Gasteiger partial charge is 0.508 e. The highest BCUT2D eigenvalue weighted by Gasteiger charge is 2.49. The van der Waals surface area contributed by atoms with Gasteiger partial charge in [0, 0.05) is 30.7 Å². The Balaban J connectivity index is 1.25. The Labute approximate surface area is 275 Å². The SMILES string of the molecule is CCc1c(F)ccc2cc(O)cc(-c3nc4c5c(nc(OCC67CCCN6CC(=CF)C7)nc5c3F)N3CC5CCC(N5)C3C(C)O4)c12. The summed E-state index contributed by atoms with van der Waals surface area (Å²) in [6.45, 7) is 6.14. The highest BCUT2D eigenvalue weighted by atomic mass is 19.1. The van der Waals surface area contributed by atoms with Crippen molar-refractivity contribution in [1.29, 1.82) is 0 Å². The van der Waals surface area contributed by atoms with Crippen molar-refractivity contribution in [3.8, 4) is 28.9 Å². The van der Waals surface area contributed by atoms with E-state index in [1.165, 1.54) is 18.2 Å². The van der Waals surface area contributed by atoms with E-state index in [0.29, 0.717) is 59.8 Å². The minimum absolute atomic E-state index is 0.0174. The van der Waals surface area contributed by atoms with Crippen LogP contribution in [0, 0.1) is 11.6 Å². The zero-order valence-electron chi connectivity index (χ0n) is 26.9. The summed E-state index contributed by atoms with van der Waals surface area (Å²) in [7, 11) is 0. The maximum absolute atomic E-state index is 17.2. The minimum Gasteiger partial charge on any atom is -0.508 e. The minimum atomic E-state index is -0.738. The van der Waals surface area contributed by atoms with Gasteiger partial charge in [0.05, 0.1) is 17.9 Å². The fourth-order valence-electron chi connectivity index (χ4n) is 9.22. The Kier molecular flexibility index (Phi) is 6.82. The molecule has 0 aliphatic carbocycles. The first-order valence-corrected chi connectivity index (χ1v) is 17.0. The monoisotopic (exact) mass is 658 g/mol. The molecule has 4 aromatic rings. The van der Waals surface area contributed by atoms with Gasteiger partial charge in [0.25, 0.3) is 0 Å². The van der Waals surface area contributed by atoms with Crippen molar-refractivity contribution >= 4 is 27.5 Å². The number of phenols is 1.